The fourth-order valence-corrected chi connectivity index (χ4v) is 2.78. The topological polar surface area (TPSA) is 46.8 Å². The molecule has 5 nitrogen and oxygen atoms in total. The Morgan fingerprint density at radius 2 is 2.26 bits per heavy atom. The van der Waals surface area contributed by atoms with Crippen molar-refractivity contribution in [1.29, 1.82) is 0 Å². The number of aryl methyl sites for hydroxylation is 1. The molecular formula is C14H19N5. The van der Waals surface area contributed by atoms with Gasteiger partial charge >= 0.3 is 0 Å². The zero-order valence-corrected chi connectivity index (χ0v) is 11.2. The molecule has 5 heteroatoms. The minimum atomic E-state index is 0.420. The SMILES string of the molecule is CCn1ncnc1CN1CCC[C@H]1c1ccccn1. The second kappa shape index (κ2) is 5.48. The van der Waals surface area contributed by atoms with Gasteiger partial charge in [0.15, 0.2) is 0 Å². The molecule has 0 bridgehead atoms. The molecule has 0 aromatic carbocycles. The lowest BCUT2D eigenvalue weighted by atomic mass is 10.1. The van der Waals surface area contributed by atoms with Gasteiger partial charge in [-0.05, 0) is 38.4 Å². The first kappa shape index (κ1) is 12.3. The summed E-state index contributed by atoms with van der Waals surface area (Å²) in [5, 5.41) is 4.24. The maximum Gasteiger partial charge on any atom is 0.141 e. The molecule has 1 aliphatic rings. The van der Waals surface area contributed by atoms with Crippen molar-refractivity contribution in [2.45, 2.75) is 38.9 Å². The molecule has 3 rings (SSSR count). The van der Waals surface area contributed by atoms with Crippen LogP contribution in [0.15, 0.2) is 30.7 Å². The van der Waals surface area contributed by atoms with Crippen LogP contribution in [-0.4, -0.2) is 31.2 Å². The van der Waals surface area contributed by atoms with Gasteiger partial charge in [-0.15, -0.1) is 0 Å². The van der Waals surface area contributed by atoms with Crippen LogP contribution in [0.1, 0.15) is 37.3 Å². The molecule has 2 aromatic heterocycles. The second-order valence-electron chi connectivity index (χ2n) is 4.88. The summed E-state index contributed by atoms with van der Waals surface area (Å²) in [6.07, 6.45) is 5.92. The molecule has 0 N–H and O–H groups in total. The van der Waals surface area contributed by atoms with E-state index in [0.29, 0.717) is 6.04 Å². The molecule has 100 valence electrons. The molecule has 0 radical (unpaired) electrons. The van der Waals surface area contributed by atoms with E-state index in [0.717, 1.165) is 25.5 Å². The Kier molecular flexibility index (Phi) is 3.55. The average Bonchev–Trinajstić information content (AvgIpc) is 3.09. The van der Waals surface area contributed by atoms with E-state index in [9.17, 15) is 0 Å². The van der Waals surface area contributed by atoms with Crippen LogP contribution in [0.2, 0.25) is 0 Å². The van der Waals surface area contributed by atoms with Crippen molar-refractivity contribution in [3.8, 4) is 0 Å². The highest BCUT2D eigenvalue weighted by Gasteiger charge is 2.27. The van der Waals surface area contributed by atoms with Gasteiger partial charge in [0.05, 0.1) is 18.3 Å². The summed E-state index contributed by atoms with van der Waals surface area (Å²) < 4.78 is 1.97. The summed E-state index contributed by atoms with van der Waals surface area (Å²) in [5.41, 5.74) is 1.17. The Hall–Kier alpha value is -1.75. The Bertz CT molecular complexity index is 522. The van der Waals surface area contributed by atoms with E-state index in [2.05, 4.69) is 39.0 Å². The van der Waals surface area contributed by atoms with Gasteiger partial charge in [-0.3, -0.25) is 9.88 Å². The lowest BCUT2D eigenvalue weighted by molar-refractivity contribution is 0.234. The van der Waals surface area contributed by atoms with Crippen molar-refractivity contribution in [2.24, 2.45) is 0 Å². The Labute approximate surface area is 113 Å². The van der Waals surface area contributed by atoms with Crippen molar-refractivity contribution >= 4 is 0 Å². The number of hydrogen-bond acceptors (Lipinski definition) is 4. The molecule has 0 aliphatic carbocycles. The first-order chi connectivity index (χ1) is 9.38. The summed E-state index contributed by atoms with van der Waals surface area (Å²) in [6.45, 7) is 4.93. The smallest absolute Gasteiger partial charge is 0.141 e. The highest BCUT2D eigenvalue weighted by atomic mass is 15.3. The van der Waals surface area contributed by atoms with Gasteiger partial charge in [0.25, 0.3) is 0 Å². The second-order valence-corrected chi connectivity index (χ2v) is 4.88. The number of pyridine rings is 1. The molecule has 0 saturated carbocycles. The van der Waals surface area contributed by atoms with Crippen molar-refractivity contribution in [3.05, 3.63) is 42.2 Å². The molecule has 0 unspecified atom stereocenters. The zero-order chi connectivity index (χ0) is 13.1. The molecule has 19 heavy (non-hydrogen) atoms. The third-order valence-corrected chi connectivity index (χ3v) is 3.73. The number of hydrogen-bond donors (Lipinski definition) is 0. The molecular weight excluding hydrogens is 238 g/mol. The van der Waals surface area contributed by atoms with E-state index in [1.54, 1.807) is 6.33 Å². The lowest BCUT2D eigenvalue weighted by Gasteiger charge is -2.23. The maximum absolute atomic E-state index is 4.50. The molecule has 1 fully saturated rings. The minimum absolute atomic E-state index is 0.420. The average molecular weight is 257 g/mol. The molecule has 1 aliphatic heterocycles. The first-order valence-corrected chi connectivity index (χ1v) is 6.90. The van der Waals surface area contributed by atoms with E-state index in [1.165, 1.54) is 18.5 Å². The van der Waals surface area contributed by atoms with E-state index >= 15 is 0 Å². The Morgan fingerprint density at radius 3 is 3.05 bits per heavy atom. The number of nitrogens with zero attached hydrogens (tertiary/aromatic N) is 5. The van der Waals surface area contributed by atoms with E-state index in [1.807, 2.05) is 16.9 Å². The summed E-state index contributed by atoms with van der Waals surface area (Å²) in [4.78, 5) is 11.3. The lowest BCUT2D eigenvalue weighted by Crippen LogP contribution is -2.25. The van der Waals surface area contributed by atoms with Crippen LogP contribution >= 0.6 is 0 Å². The minimum Gasteiger partial charge on any atom is -0.287 e. The van der Waals surface area contributed by atoms with Crippen molar-refractivity contribution in [1.82, 2.24) is 24.6 Å². The van der Waals surface area contributed by atoms with Crippen LogP contribution in [0, 0.1) is 0 Å². The van der Waals surface area contributed by atoms with E-state index in [-0.39, 0.29) is 0 Å². The number of rotatable bonds is 4. The number of likely N-dealkylation sites (tertiary alicyclic amines) is 1. The third-order valence-electron chi connectivity index (χ3n) is 3.73. The van der Waals surface area contributed by atoms with E-state index < -0.39 is 0 Å². The Balaban J connectivity index is 1.77. The van der Waals surface area contributed by atoms with Crippen LogP contribution in [0.25, 0.3) is 0 Å². The monoisotopic (exact) mass is 257 g/mol. The molecule has 1 saturated heterocycles. The van der Waals surface area contributed by atoms with Crippen LogP contribution in [-0.2, 0) is 13.1 Å². The number of aromatic nitrogens is 4. The predicted octanol–water partition coefficient (Wildman–Crippen LogP) is 2.03. The molecule has 3 heterocycles. The molecule has 1 atom stereocenters. The van der Waals surface area contributed by atoms with Crippen LogP contribution < -0.4 is 0 Å². The van der Waals surface area contributed by atoms with Crippen LogP contribution in [0.5, 0.6) is 0 Å². The maximum atomic E-state index is 4.50. The van der Waals surface area contributed by atoms with Gasteiger partial charge < -0.3 is 0 Å². The van der Waals surface area contributed by atoms with Gasteiger partial charge in [0.2, 0.25) is 0 Å². The summed E-state index contributed by atoms with van der Waals surface area (Å²) in [6, 6.07) is 6.57. The summed E-state index contributed by atoms with van der Waals surface area (Å²) >= 11 is 0. The van der Waals surface area contributed by atoms with Gasteiger partial charge in [-0.25, -0.2) is 9.67 Å². The van der Waals surface area contributed by atoms with Crippen LogP contribution in [0.3, 0.4) is 0 Å². The van der Waals surface area contributed by atoms with E-state index in [4.69, 9.17) is 0 Å². The van der Waals surface area contributed by atoms with Crippen molar-refractivity contribution in [3.63, 3.8) is 0 Å². The van der Waals surface area contributed by atoms with Crippen molar-refractivity contribution < 1.29 is 0 Å². The fourth-order valence-electron chi connectivity index (χ4n) is 2.78. The molecule has 0 spiro atoms. The largest absolute Gasteiger partial charge is 0.287 e. The highest BCUT2D eigenvalue weighted by Crippen LogP contribution is 2.31. The van der Waals surface area contributed by atoms with Gasteiger partial charge in [-0.2, -0.15) is 5.10 Å². The molecule has 2 aromatic rings. The zero-order valence-electron chi connectivity index (χ0n) is 11.2. The van der Waals surface area contributed by atoms with Gasteiger partial charge in [-0.1, -0.05) is 6.07 Å². The first-order valence-electron chi connectivity index (χ1n) is 6.90. The summed E-state index contributed by atoms with van der Waals surface area (Å²) in [7, 11) is 0. The predicted molar refractivity (Wildman–Crippen MR) is 72.3 cm³/mol. The highest BCUT2D eigenvalue weighted by molar-refractivity contribution is 5.10. The standard InChI is InChI=1S/C14H19N5/c1-2-19-14(16-11-17-19)10-18-9-5-7-13(18)12-6-3-4-8-15-12/h3-4,6,8,11,13H,2,5,7,9-10H2,1H3/t13-/m0/s1. The van der Waals surface area contributed by atoms with Gasteiger partial charge in [0.1, 0.15) is 12.2 Å². The normalized spacial score (nSPS) is 19.9. The molecule has 0 amide bonds. The third kappa shape index (κ3) is 2.51. The quantitative estimate of drug-likeness (QED) is 0.841. The Morgan fingerprint density at radius 1 is 1.32 bits per heavy atom. The summed E-state index contributed by atoms with van der Waals surface area (Å²) in [5.74, 6) is 1.05. The fraction of sp³-hybridized carbons (Fsp3) is 0.500. The van der Waals surface area contributed by atoms with Gasteiger partial charge in [0, 0.05) is 12.7 Å². The van der Waals surface area contributed by atoms with Crippen molar-refractivity contribution in [2.75, 3.05) is 6.54 Å². The van der Waals surface area contributed by atoms with Crippen LogP contribution in [0.4, 0.5) is 0 Å².